The quantitative estimate of drug-likeness (QED) is 0.581. The molecule has 0 aliphatic carbocycles. The molecule has 136 valence electrons. The van der Waals surface area contributed by atoms with Crippen molar-refractivity contribution in [2.24, 2.45) is 0 Å². The zero-order chi connectivity index (χ0) is 18.9. The number of rotatable bonds is 8. The van der Waals surface area contributed by atoms with E-state index in [1.165, 1.54) is 13.8 Å². The number of benzene rings is 2. The standard InChI is InChI=1S/C20H21NO5/c1-14(22)17-8-10-18(11-9-17)25-13-19(23)26-15(2)20(24)21-12-16-6-4-3-5-7-16/h3-11,15H,12-13H2,1-2H3,(H,21,24)/t15-/m1/s1. The van der Waals surface area contributed by atoms with Crippen molar-refractivity contribution in [3.63, 3.8) is 0 Å². The maximum atomic E-state index is 12.0. The number of carbonyl (C=O) groups is 3. The van der Waals surface area contributed by atoms with Gasteiger partial charge in [-0.2, -0.15) is 0 Å². The molecule has 6 heteroatoms. The summed E-state index contributed by atoms with van der Waals surface area (Å²) in [5.41, 5.74) is 1.51. The lowest BCUT2D eigenvalue weighted by Gasteiger charge is -2.14. The van der Waals surface area contributed by atoms with E-state index in [1.54, 1.807) is 24.3 Å². The van der Waals surface area contributed by atoms with E-state index in [4.69, 9.17) is 9.47 Å². The third-order valence-corrected chi connectivity index (χ3v) is 3.60. The van der Waals surface area contributed by atoms with E-state index in [0.717, 1.165) is 5.56 Å². The summed E-state index contributed by atoms with van der Waals surface area (Å²) in [5.74, 6) is -0.643. The molecule has 6 nitrogen and oxygen atoms in total. The molecular weight excluding hydrogens is 334 g/mol. The van der Waals surface area contributed by atoms with E-state index >= 15 is 0 Å². The molecule has 0 heterocycles. The smallest absolute Gasteiger partial charge is 0.344 e. The molecule has 0 aliphatic heterocycles. The summed E-state index contributed by atoms with van der Waals surface area (Å²) in [7, 11) is 0. The van der Waals surface area contributed by atoms with Crippen molar-refractivity contribution in [2.75, 3.05) is 6.61 Å². The van der Waals surface area contributed by atoms with Crippen LogP contribution in [-0.2, 0) is 20.9 Å². The van der Waals surface area contributed by atoms with E-state index in [1.807, 2.05) is 30.3 Å². The van der Waals surface area contributed by atoms with Gasteiger partial charge in [-0.25, -0.2) is 4.79 Å². The zero-order valence-electron chi connectivity index (χ0n) is 14.7. The fraction of sp³-hybridized carbons (Fsp3) is 0.250. The largest absolute Gasteiger partial charge is 0.482 e. The molecule has 2 rings (SSSR count). The Morgan fingerprint density at radius 1 is 1.00 bits per heavy atom. The molecule has 0 radical (unpaired) electrons. The summed E-state index contributed by atoms with van der Waals surface area (Å²) in [5, 5.41) is 2.71. The molecule has 0 unspecified atom stereocenters. The minimum Gasteiger partial charge on any atom is -0.482 e. The zero-order valence-corrected chi connectivity index (χ0v) is 14.7. The maximum absolute atomic E-state index is 12.0. The Balaban J connectivity index is 1.73. The fourth-order valence-corrected chi connectivity index (χ4v) is 2.14. The van der Waals surface area contributed by atoms with Gasteiger partial charge in [-0.1, -0.05) is 30.3 Å². The van der Waals surface area contributed by atoms with Gasteiger partial charge in [-0.15, -0.1) is 0 Å². The average molecular weight is 355 g/mol. The number of amides is 1. The summed E-state index contributed by atoms with van der Waals surface area (Å²) in [4.78, 5) is 35.0. The molecule has 0 saturated carbocycles. The van der Waals surface area contributed by atoms with Gasteiger partial charge in [0.05, 0.1) is 0 Å². The molecule has 1 atom stereocenters. The Bertz CT molecular complexity index is 756. The SMILES string of the molecule is CC(=O)c1ccc(OCC(=O)O[C@H](C)C(=O)NCc2ccccc2)cc1. The maximum Gasteiger partial charge on any atom is 0.344 e. The second kappa shape index (κ2) is 9.36. The van der Waals surface area contributed by atoms with Crippen molar-refractivity contribution in [1.82, 2.24) is 5.32 Å². The van der Waals surface area contributed by atoms with Gasteiger partial charge < -0.3 is 14.8 Å². The molecule has 2 aromatic rings. The number of hydrogen-bond acceptors (Lipinski definition) is 5. The van der Waals surface area contributed by atoms with Crippen LogP contribution in [0, 0.1) is 0 Å². The highest BCUT2D eigenvalue weighted by Gasteiger charge is 2.17. The van der Waals surface area contributed by atoms with Gasteiger partial charge in [0, 0.05) is 12.1 Å². The van der Waals surface area contributed by atoms with Crippen LogP contribution in [0.3, 0.4) is 0 Å². The normalized spacial score (nSPS) is 11.3. The molecule has 0 aromatic heterocycles. The van der Waals surface area contributed by atoms with Crippen LogP contribution in [0.25, 0.3) is 0 Å². The number of ketones is 1. The highest BCUT2D eigenvalue weighted by molar-refractivity contribution is 5.94. The minimum absolute atomic E-state index is 0.0497. The van der Waals surface area contributed by atoms with Gasteiger partial charge >= 0.3 is 5.97 Å². The molecule has 26 heavy (non-hydrogen) atoms. The second-order valence-electron chi connectivity index (χ2n) is 5.70. The molecule has 0 bridgehead atoms. The van der Waals surface area contributed by atoms with Crippen molar-refractivity contribution in [3.8, 4) is 5.75 Å². The third-order valence-electron chi connectivity index (χ3n) is 3.60. The third kappa shape index (κ3) is 6.05. The van der Waals surface area contributed by atoms with Crippen molar-refractivity contribution < 1.29 is 23.9 Å². The number of ether oxygens (including phenoxy) is 2. The first kappa shape index (κ1) is 19.2. The van der Waals surface area contributed by atoms with Crippen LogP contribution in [0.4, 0.5) is 0 Å². The van der Waals surface area contributed by atoms with Crippen molar-refractivity contribution in [2.45, 2.75) is 26.5 Å². The number of nitrogens with one attached hydrogen (secondary N) is 1. The van der Waals surface area contributed by atoms with Gasteiger partial charge in [-0.05, 0) is 43.7 Å². The van der Waals surface area contributed by atoms with Crippen LogP contribution >= 0.6 is 0 Å². The van der Waals surface area contributed by atoms with Crippen molar-refractivity contribution in [1.29, 1.82) is 0 Å². The molecule has 0 aliphatic rings. The van der Waals surface area contributed by atoms with E-state index in [-0.39, 0.29) is 18.3 Å². The molecule has 0 spiro atoms. The molecule has 1 amide bonds. The van der Waals surface area contributed by atoms with Gasteiger partial charge in [0.15, 0.2) is 18.5 Å². The Labute approximate surface area is 152 Å². The predicted octanol–water partition coefficient (Wildman–Crippen LogP) is 2.52. The van der Waals surface area contributed by atoms with Crippen molar-refractivity contribution in [3.05, 3.63) is 65.7 Å². The molecule has 2 aromatic carbocycles. The Kier molecular flexibility index (Phi) is 6.91. The number of carbonyl (C=O) groups excluding carboxylic acids is 3. The first-order chi connectivity index (χ1) is 12.5. The topological polar surface area (TPSA) is 81.7 Å². The van der Waals surface area contributed by atoms with Crippen LogP contribution in [0.5, 0.6) is 5.75 Å². The van der Waals surface area contributed by atoms with E-state index in [9.17, 15) is 14.4 Å². The van der Waals surface area contributed by atoms with Crippen molar-refractivity contribution >= 4 is 17.7 Å². The van der Waals surface area contributed by atoms with Gasteiger partial charge in [0.2, 0.25) is 0 Å². The van der Waals surface area contributed by atoms with Crippen LogP contribution in [0.15, 0.2) is 54.6 Å². The van der Waals surface area contributed by atoms with Crippen LogP contribution in [0.1, 0.15) is 29.8 Å². The molecule has 0 fully saturated rings. The molecular formula is C20H21NO5. The first-order valence-corrected chi connectivity index (χ1v) is 8.20. The lowest BCUT2D eigenvalue weighted by atomic mass is 10.1. The summed E-state index contributed by atoms with van der Waals surface area (Å²) >= 11 is 0. The van der Waals surface area contributed by atoms with Gasteiger partial charge in [0.25, 0.3) is 5.91 Å². The van der Waals surface area contributed by atoms with Gasteiger partial charge in [-0.3, -0.25) is 9.59 Å². The van der Waals surface area contributed by atoms with E-state index < -0.39 is 12.1 Å². The second-order valence-corrected chi connectivity index (χ2v) is 5.70. The van der Waals surface area contributed by atoms with Gasteiger partial charge in [0.1, 0.15) is 5.75 Å². The summed E-state index contributed by atoms with van der Waals surface area (Å²) in [6.45, 7) is 3.01. The average Bonchev–Trinajstić information content (AvgIpc) is 2.65. The lowest BCUT2D eigenvalue weighted by molar-refractivity contribution is -0.156. The monoisotopic (exact) mass is 355 g/mol. The Hall–Kier alpha value is -3.15. The van der Waals surface area contributed by atoms with Crippen LogP contribution in [0.2, 0.25) is 0 Å². The molecule has 0 saturated heterocycles. The lowest BCUT2D eigenvalue weighted by Crippen LogP contribution is -2.36. The fourth-order valence-electron chi connectivity index (χ4n) is 2.14. The minimum atomic E-state index is -0.921. The van der Waals surface area contributed by atoms with Crippen LogP contribution < -0.4 is 10.1 Å². The first-order valence-electron chi connectivity index (χ1n) is 8.20. The highest BCUT2D eigenvalue weighted by atomic mass is 16.6. The summed E-state index contributed by atoms with van der Waals surface area (Å²) < 4.78 is 10.3. The Morgan fingerprint density at radius 2 is 1.65 bits per heavy atom. The number of esters is 1. The Morgan fingerprint density at radius 3 is 2.27 bits per heavy atom. The van der Waals surface area contributed by atoms with Crippen LogP contribution in [-0.4, -0.2) is 30.4 Å². The summed E-state index contributed by atoms with van der Waals surface area (Å²) in [6.07, 6.45) is -0.921. The highest BCUT2D eigenvalue weighted by Crippen LogP contribution is 2.12. The summed E-state index contributed by atoms with van der Waals surface area (Å²) in [6, 6.07) is 15.9. The number of hydrogen-bond donors (Lipinski definition) is 1. The number of Topliss-reactive ketones (excluding diaryl/α,β-unsaturated/α-hetero) is 1. The van der Waals surface area contributed by atoms with E-state index in [0.29, 0.717) is 17.9 Å². The predicted molar refractivity (Wildman–Crippen MR) is 95.8 cm³/mol. The molecule has 1 N–H and O–H groups in total. The van der Waals surface area contributed by atoms with E-state index in [2.05, 4.69) is 5.32 Å².